The number of benzene rings is 1. The van der Waals surface area contributed by atoms with Gasteiger partial charge in [0.05, 0.1) is 7.11 Å². The quantitative estimate of drug-likeness (QED) is 0.587. The van der Waals surface area contributed by atoms with E-state index in [2.05, 4.69) is 16.8 Å². The van der Waals surface area contributed by atoms with Crippen LogP contribution in [0.4, 0.5) is 4.39 Å². The molecule has 4 heteroatoms. The lowest BCUT2D eigenvalue weighted by Gasteiger charge is -2.36. The highest BCUT2D eigenvalue weighted by molar-refractivity contribution is 5.37. The molecule has 3 nitrogen and oxygen atoms in total. The summed E-state index contributed by atoms with van der Waals surface area (Å²) in [7, 11) is 1.62. The van der Waals surface area contributed by atoms with Crippen molar-refractivity contribution in [2.24, 2.45) is 0 Å². The van der Waals surface area contributed by atoms with Crippen molar-refractivity contribution in [3.05, 3.63) is 42.2 Å². The van der Waals surface area contributed by atoms with Crippen molar-refractivity contribution in [1.82, 2.24) is 10.2 Å². The van der Waals surface area contributed by atoms with E-state index in [1.165, 1.54) is 6.07 Å². The summed E-state index contributed by atoms with van der Waals surface area (Å²) in [4.78, 5) is 2.38. The maximum absolute atomic E-state index is 14.5. The molecular formula is C18H27FN2O. The van der Waals surface area contributed by atoms with Crippen LogP contribution in [-0.4, -0.2) is 38.2 Å². The van der Waals surface area contributed by atoms with Crippen LogP contribution in [-0.2, 0) is 0 Å². The van der Waals surface area contributed by atoms with Gasteiger partial charge in [0.1, 0.15) is 11.6 Å². The number of halogens is 1. The Kier molecular flexibility index (Phi) is 6.87. The summed E-state index contributed by atoms with van der Waals surface area (Å²) in [6, 6.07) is 5.20. The normalized spacial score (nSPS) is 17.2. The molecule has 1 aromatic rings. The van der Waals surface area contributed by atoms with Crippen molar-refractivity contribution >= 4 is 0 Å². The van der Waals surface area contributed by atoms with Gasteiger partial charge < -0.3 is 10.1 Å². The third kappa shape index (κ3) is 4.31. The molecule has 0 aromatic heterocycles. The van der Waals surface area contributed by atoms with Gasteiger partial charge in [-0.2, -0.15) is 0 Å². The molecule has 1 aromatic carbocycles. The number of hydrogen-bond donors (Lipinski definition) is 1. The number of nitrogens with one attached hydrogen (secondary N) is 1. The fourth-order valence-corrected chi connectivity index (χ4v) is 3.15. The fraction of sp³-hybridized carbons (Fsp3) is 0.556. The van der Waals surface area contributed by atoms with Crippen molar-refractivity contribution in [2.75, 3.05) is 33.3 Å². The number of rotatable bonds is 8. The van der Waals surface area contributed by atoms with Crippen LogP contribution >= 0.6 is 0 Å². The minimum Gasteiger partial charge on any atom is -0.496 e. The van der Waals surface area contributed by atoms with E-state index in [0.717, 1.165) is 51.9 Å². The second-order valence-corrected chi connectivity index (χ2v) is 5.73. The molecule has 0 bridgehead atoms. The van der Waals surface area contributed by atoms with Crippen molar-refractivity contribution in [3.63, 3.8) is 0 Å². The van der Waals surface area contributed by atoms with Crippen LogP contribution in [0.1, 0.15) is 37.3 Å². The van der Waals surface area contributed by atoms with Gasteiger partial charge in [-0.15, -0.1) is 6.58 Å². The summed E-state index contributed by atoms with van der Waals surface area (Å²) in [5.74, 6) is 0.499. The van der Waals surface area contributed by atoms with E-state index in [1.54, 1.807) is 13.2 Å². The SMILES string of the molecule is C=CCCCC[C@@H](c1c(F)cccc1OC)N1CCNCC1. The smallest absolute Gasteiger partial charge is 0.131 e. The van der Waals surface area contributed by atoms with E-state index >= 15 is 0 Å². The molecule has 122 valence electrons. The lowest BCUT2D eigenvalue weighted by Crippen LogP contribution is -2.45. The summed E-state index contributed by atoms with van der Waals surface area (Å²) in [6.45, 7) is 7.58. The zero-order valence-electron chi connectivity index (χ0n) is 13.5. The van der Waals surface area contributed by atoms with Crippen LogP contribution in [0.3, 0.4) is 0 Å². The lowest BCUT2D eigenvalue weighted by atomic mass is 9.96. The third-order valence-electron chi connectivity index (χ3n) is 4.29. The van der Waals surface area contributed by atoms with Crippen molar-refractivity contribution in [2.45, 2.75) is 31.7 Å². The van der Waals surface area contributed by atoms with Crippen LogP contribution in [0.25, 0.3) is 0 Å². The fourth-order valence-electron chi connectivity index (χ4n) is 3.15. The predicted octanol–water partition coefficient (Wildman–Crippen LogP) is 3.53. The highest BCUT2D eigenvalue weighted by atomic mass is 19.1. The Balaban J connectivity index is 2.20. The molecule has 1 heterocycles. The van der Waals surface area contributed by atoms with Crippen LogP contribution in [0.2, 0.25) is 0 Å². The molecule has 0 unspecified atom stereocenters. The van der Waals surface area contributed by atoms with Gasteiger partial charge in [-0.3, -0.25) is 4.90 Å². The molecule has 0 amide bonds. The molecule has 2 rings (SSSR count). The summed E-state index contributed by atoms with van der Waals surface area (Å²) in [6.07, 6.45) is 6.08. The highest BCUT2D eigenvalue weighted by Gasteiger charge is 2.27. The maximum Gasteiger partial charge on any atom is 0.131 e. The molecule has 0 saturated carbocycles. The molecule has 1 aliphatic heterocycles. The van der Waals surface area contributed by atoms with Crippen molar-refractivity contribution in [3.8, 4) is 5.75 Å². The molecule has 0 aliphatic carbocycles. The molecule has 1 aliphatic rings. The molecule has 1 fully saturated rings. The average Bonchev–Trinajstić information content (AvgIpc) is 2.56. The zero-order chi connectivity index (χ0) is 15.8. The molecule has 1 N–H and O–H groups in total. The van der Waals surface area contributed by atoms with Gasteiger partial charge in [0, 0.05) is 37.8 Å². The summed E-state index contributed by atoms with van der Waals surface area (Å²) < 4.78 is 19.9. The van der Waals surface area contributed by atoms with E-state index in [4.69, 9.17) is 4.74 Å². The monoisotopic (exact) mass is 306 g/mol. The van der Waals surface area contributed by atoms with Crippen molar-refractivity contribution < 1.29 is 9.13 Å². The molecule has 1 atom stereocenters. The average molecular weight is 306 g/mol. The second-order valence-electron chi connectivity index (χ2n) is 5.73. The molecule has 0 spiro atoms. The number of allylic oxidation sites excluding steroid dienone is 1. The van der Waals surface area contributed by atoms with Crippen LogP contribution in [0.15, 0.2) is 30.9 Å². The first-order chi connectivity index (χ1) is 10.8. The Morgan fingerprint density at radius 2 is 2.14 bits per heavy atom. The van der Waals surface area contributed by atoms with Gasteiger partial charge in [-0.1, -0.05) is 18.6 Å². The molecular weight excluding hydrogens is 279 g/mol. The first-order valence-corrected chi connectivity index (χ1v) is 8.16. The van der Waals surface area contributed by atoms with Gasteiger partial charge in [-0.25, -0.2) is 4.39 Å². The first kappa shape index (κ1) is 17.0. The summed E-state index contributed by atoms with van der Waals surface area (Å²) in [5, 5.41) is 3.36. The van der Waals surface area contributed by atoms with Crippen LogP contribution in [0.5, 0.6) is 5.75 Å². The molecule has 22 heavy (non-hydrogen) atoms. The van der Waals surface area contributed by atoms with E-state index < -0.39 is 0 Å². The standard InChI is InChI=1S/C18H27FN2O/c1-3-4-5-6-9-16(21-13-11-20-12-14-21)18-15(19)8-7-10-17(18)22-2/h3,7-8,10,16,20H,1,4-6,9,11-14H2,2H3/t16-/m0/s1. The Labute approximate surface area is 133 Å². The second kappa shape index (κ2) is 8.91. The van der Waals surface area contributed by atoms with Gasteiger partial charge in [-0.05, 0) is 31.4 Å². The van der Waals surface area contributed by atoms with E-state index in [1.807, 2.05) is 12.1 Å². The summed E-state index contributed by atoms with van der Waals surface area (Å²) >= 11 is 0. The molecule has 1 saturated heterocycles. The zero-order valence-corrected chi connectivity index (χ0v) is 13.5. The Bertz CT molecular complexity index is 472. The largest absolute Gasteiger partial charge is 0.496 e. The summed E-state index contributed by atoms with van der Waals surface area (Å²) in [5.41, 5.74) is 0.713. The number of hydrogen-bond acceptors (Lipinski definition) is 3. The Morgan fingerprint density at radius 1 is 1.36 bits per heavy atom. The number of ether oxygens (including phenoxy) is 1. The van der Waals surface area contributed by atoms with E-state index in [-0.39, 0.29) is 11.9 Å². The third-order valence-corrected chi connectivity index (χ3v) is 4.29. The minimum atomic E-state index is -0.161. The Hall–Kier alpha value is -1.39. The minimum absolute atomic E-state index is 0.0862. The number of methoxy groups -OCH3 is 1. The van der Waals surface area contributed by atoms with Gasteiger partial charge >= 0.3 is 0 Å². The van der Waals surface area contributed by atoms with Gasteiger partial charge in [0.15, 0.2) is 0 Å². The van der Waals surface area contributed by atoms with Gasteiger partial charge in [0.25, 0.3) is 0 Å². The van der Waals surface area contributed by atoms with E-state index in [9.17, 15) is 4.39 Å². The number of unbranched alkanes of at least 4 members (excludes halogenated alkanes) is 2. The topological polar surface area (TPSA) is 24.5 Å². The van der Waals surface area contributed by atoms with Crippen LogP contribution in [0, 0.1) is 5.82 Å². The van der Waals surface area contributed by atoms with Crippen molar-refractivity contribution in [1.29, 1.82) is 0 Å². The highest BCUT2D eigenvalue weighted by Crippen LogP contribution is 2.35. The lowest BCUT2D eigenvalue weighted by molar-refractivity contribution is 0.157. The van der Waals surface area contributed by atoms with Crippen LogP contribution < -0.4 is 10.1 Å². The predicted molar refractivity (Wildman–Crippen MR) is 88.8 cm³/mol. The molecule has 0 radical (unpaired) electrons. The van der Waals surface area contributed by atoms with Gasteiger partial charge in [0.2, 0.25) is 0 Å². The number of nitrogens with zero attached hydrogens (tertiary/aromatic N) is 1. The maximum atomic E-state index is 14.5. The van der Waals surface area contributed by atoms with E-state index in [0.29, 0.717) is 11.3 Å². The number of piperazine rings is 1. The Morgan fingerprint density at radius 3 is 2.82 bits per heavy atom. The first-order valence-electron chi connectivity index (χ1n) is 8.16.